The largest absolute Gasteiger partial charge is 0.462 e. The van der Waals surface area contributed by atoms with Gasteiger partial charge in [0.05, 0.1) is 6.61 Å². The number of ether oxygens (including phenoxy) is 1. The van der Waals surface area contributed by atoms with Crippen LogP contribution >= 0.6 is 15.9 Å². The van der Waals surface area contributed by atoms with E-state index in [4.69, 9.17) is 4.74 Å². The maximum Gasteiger partial charge on any atom is 0.349 e. The summed E-state index contributed by atoms with van der Waals surface area (Å²) < 4.78 is 5.04. The van der Waals surface area contributed by atoms with Crippen molar-refractivity contribution in [2.75, 3.05) is 6.61 Å². The van der Waals surface area contributed by atoms with E-state index in [2.05, 4.69) is 15.9 Å². The molecule has 0 fully saturated rings. The average molecular weight is 370 g/mol. The molecule has 0 unspecified atom stereocenters. The number of alkyl halides is 1. The summed E-state index contributed by atoms with van der Waals surface area (Å²) in [7, 11) is 0. The summed E-state index contributed by atoms with van der Waals surface area (Å²) in [5.41, 5.74) is 3.35. The first-order chi connectivity index (χ1) is 11.2. The average Bonchev–Trinajstić information content (AvgIpc) is 2.60. The molecule has 0 saturated carbocycles. The third kappa shape index (κ3) is 4.08. The molecule has 0 amide bonds. The molecule has 0 aliphatic rings. The second kappa shape index (κ2) is 8.30. The van der Waals surface area contributed by atoms with Gasteiger partial charge < -0.3 is 4.74 Å². The summed E-state index contributed by atoms with van der Waals surface area (Å²) in [5.74, 6) is -0.599. The fourth-order valence-electron chi connectivity index (χ4n) is 2.23. The summed E-state index contributed by atoms with van der Waals surface area (Å²) in [6.45, 7) is 1.95. The molecule has 0 atom stereocenters. The minimum atomic E-state index is -0.599. The lowest BCUT2D eigenvalue weighted by atomic mass is 9.93. The van der Waals surface area contributed by atoms with E-state index in [0.29, 0.717) is 5.57 Å². The van der Waals surface area contributed by atoms with Crippen molar-refractivity contribution in [2.24, 2.45) is 0 Å². The van der Waals surface area contributed by atoms with Crippen molar-refractivity contribution in [1.29, 1.82) is 5.26 Å². The topological polar surface area (TPSA) is 50.1 Å². The quantitative estimate of drug-likeness (QED) is 0.338. The molecule has 0 aromatic heterocycles. The molecule has 3 nitrogen and oxygen atoms in total. The molecule has 0 spiro atoms. The zero-order valence-electron chi connectivity index (χ0n) is 12.8. The van der Waals surface area contributed by atoms with Crippen molar-refractivity contribution in [3.05, 3.63) is 76.9 Å². The van der Waals surface area contributed by atoms with E-state index in [1.807, 2.05) is 60.7 Å². The molecule has 2 aromatic rings. The number of esters is 1. The highest BCUT2D eigenvalue weighted by Crippen LogP contribution is 2.28. The molecule has 2 aromatic carbocycles. The van der Waals surface area contributed by atoms with Crippen LogP contribution in [0, 0.1) is 11.3 Å². The highest BCUT2D eigenvalue weighted by Gasteiger charge is 2.19. The van der Waals surface area contributed by atoms with E-state index in [1.165, 1.54) is 0 Å². The van der Waals surface area contributed by atoms with E-state index in [9.17, 15) is 10.1 Å². The Balaban J connectivity index is 2.64. The second-order valence-electron chi connectivity index (χ2n) is 4.78. The molecular formula is C19H16BrNO2. The van der Waals surface area contributed by atoms with Crippen LogP contribution in [-0.4, -0.2) is 12.6 Å². The Hall–Kier alpha value is -2.38. The van der Waals surface area contributed by atoms with Crippen molar-refractivity contribution in [1.82, 2.24) is 0 Å². The lowest BCUT2D eigenvalue weighted by Gasteiger charge is -2.12. The lowest BCUT2D eigenvalue weighted by molar-refractivity contribution is -0.137. The molecule has 0 N–H and O–H groups in total. The van der Waals surface area contributed by atoms with Crippen molar-refractivity contribution in [3.8, 4) is 6.07 Å². The van der Waals surface area contributed by atoms with Crippen molar-refractivity contribution < 1.29 is 9.53 Å². The molecule has 4 heteroatoms. The highest BCUT2D eigenvalue weighted by molar-refractivity contribution is 9.08. The minimum absolute atomic E-state index is 0.0182. The summed E-state index contributed by atoms with van der Waals surface area (Å²) in [4.78, 5) is 12.2. The van der Waals surface area contributed by atoms with Crippen LogP contribution in [0.1, 0.15) is 23.6 Å². The molecule has 0 radical (unpaired) electrons. The van der Waals surface area contributed by atoms with Crippen LogP contribution in [0.25, 0.3) is 5.57 Å². The molecule has 0 aliphatic heterocycles. The SMILES string of the molecule is CCOC(=O)C(C#N)=C(c1ccccc1)c1ccc(CBr)cc1. The Morgan fingerprint density at radius 2 is 1.70 bits per heavy atom. The van der Waals surface area contributed by atoms with Crippen LogP contribution in [0.4, 0.5) is 0 Å². The smallest absolute Gasteiger partial charge is 0.349 e. The van der Waals surface area contributed by atoms with Gasteiger partial charge in [0.1, 0.15) is 11.6 Å². The van der Waals surface area contributed by atoms with Gasteiger partial charge in [0.25, 0.3) is 0 Å². The van der Waals surface area contributed by atoms with E-state index < -0.39 is 5.97 Å². The van der Waals surface area contributed by atoms with E-state index >= 15 is 0 Å². The van der Waals surface area contributed by atoms with Gasteiger partial charge in [-0.15, -0.1) is 0 Å². The first kappa shape index (κ1) is 17.0. The first-order valence-electron chi connectivity index (χ1n) is 7.23. The van der Waals surface area contributed by atoms with Gasteiger partial charge in [-0.05, 0) is 23.6 Å². The van der Waals surface area contributed by atoms with E-state index in [-0.39, 0.29) is 12.2 Å². The Kier molecular flexibility index (Phi) is 6.13. The Morgan fingerprint density at radius 1 is 1.09 bits per heavy atom. The van der Waals surface area contributed by atoms with Gasteiger partial charge in [-0.1, -0.05) is 70.5 Å². The fraction of sp³-hybridized carbons (Fsp3) is 0.158. The van der Waals surface area contributed by atoms with Crippen LogP contribution in [-0.2, 0) is 14.9 Å². The van der Waals surface area contributed by atoms with Gasteiger partial charge in [-0.25, -0.2) is 4.79 Å². The van der Waals surface area contributed by atoms with E-state index in [0.717, 1.165) is 22.0 Å². The Bertz CT molecular complexity index is 743. The minimum Gasteiger partial charge on any atom is -0.462 e. The van der Waals surface area contributed by atoms with Gasteiger partial charge in [0, 0.05) is 10.9 Å². The molecule has 0 saturated heterocycles. The normalized spacial score (nSPS) is 11.3. The zero-order valence-corrected chi connectivity index (χ0v) is 14.3. The Morgan fingerprint density at radius 3 is 2.22 bits per heavy atom. The van der Waals surface area contributed by atoms with Gasteiger partial charge in [-0.3, -0.25) is 0 Å². The van der Waals surface area contributed by atoms with Gasteiger partial charge in [0.2, 0.25) is 0 Å². The van der Waals surface area contributed by atoms with Crippen LogP contribution < -0.4 is 0 Å². The number of carbonyl (C=O) groups excluding carboxylic acids is 1. The van der Waals surface area contributed by atoms with Crippen LogP contribution in [0.3, 0.4) is 0 Å². The molecule has 0 bridgehead atoms. The number of carbonyl (C=O) groups is 1. The molecule has 0 aliphatic carbocycles. The van der Waals surface area contributed by atoms with Crippen LogP contribution in [0.15, 0.2) is 60.2 Å². The van der Waals surface area contributed by atoms with E-state index in [1.54, 1.807) is 6.92 Å². The monoisotopic (exact) mass is 369 g/mol. The van der Waals surface area contributed by atoms with Gasteiger partial charge in [-0.2, -0.15) is 5.26 Å². The summed E-state index contributed by atoms with van der Waals surface area (Å²) in [6, 6.07) is 19.2. The van der Waals surface area contributed by atoms with Crippen LogP contribution in [0.2, 0.25) is 0 Å². The third-order valence-electron chi connectivity index (χ3n) is 3.30. The number of hydrogen-bond donors (Lipinski definition) is 0. The lowest BCUT2D eigenvalue weighted by Crippen LogP contribution is -2.09. The van der Waals surface area contributed by atoms with Gasteiger partial charge in [0.15, 0.2) is 0 Å². The second-order valence-corrected chi connectivity index (χ2v) is 5.34. The summed E-state index contributed by atoms with van der Waals surface area (Å²) in [5, 5.41) is 10.3. The predicted octanol–water partition coefficient (Wildman–Crippen LogP) is 4.47. The maximum atomic E-state index is 12.2. The maximum absolute atomic E-state index is 12.2. The fourth-order valence-corrected chi connectivity index (χ4v) is 2.60. The summed E-state index contributed by atoms with van der Waals surface area (Å²) in [6.07, 6.45) is 0. The zero-order chi connectivity index (χ0) is 16.7. The van der Waals surface area contributed by atoms with Crippen LogP contribution in [0.5, 0.6) is 0 Å². The van der Waals surface area contributed by atoms with Gasteiger partial charge >= 0.3 is 5.97 Å². The number of nitrogens with zero attached hydrogens (tertiary/aromatic N) is 1. The number of benzene rings is 2. The molecule has 23 heavy (non-hydrogen) atoms. The van der Waals surface area contributed by atoms with Crippen molar-refractivity contribution in [2.45, 2.75) is 12.3 Å². The molecule has 2 rings (SSSR count). The first-order valence-corrected chi connectivity index (χ1v) is 8.35. The molecule has 0 heterocycles. The molecular weight excluding hydrogens is 354 g/mol. The highest BCUT2D eigenvalue weighted by atomic mass is 79.9. The van der Waals surface area contributed by atoms with Crippen molar-refractivity contribution in [3.63, 3.8) is 0 Å². The molecule has 116 valence electrons. The third-order valence-corrected chi connectivity index (χ3v) is 3.95. The number of halogens is 1. The number of rotatable bonds is 5. The summed E-state index contributed by atoms with van der Waals surface area (Å²) >= 11 is 3.41. The number of hydrogen-bond acceptors (Lipinski definition) is 3. The number of nitriles is 1. The Labute approximate surface area is 144 Å². The van der Waals surface area contributed by atoms with Crippen molar-refractivity contribution >= 4 is 27.5 Å². The standard InChI is InChI=1S/C19H16BrNO2/c1-2-23-19(22)17(13-21)18(15-6-4-3-5-7-15)16-10-8-14(12-20)9-11-16/h3-11H,2,12H2,1H3. The predicted molar refractivity (Wildman–Crippen MR) is 93.8 cm³/mol.